The van der Waals surface area contributed by atoms with Crippen LogP contribution in [0.15, 0.2) is 0 Å². The summed E-state index contributed by atoms with van der Waals surface area (Å²) in [5.74, 6) is 0.907. The number of aromatic nitrogens is 4. The molecule has 7 nitrogen and oxygen atoms in total. The second-order valence-electron chi connectivity index (χ2n) is 4.43. The van der Waals surface area contributed by atoms with Gasteiger partial charge in [0.2, 0.25) is 5.52 Å². The highest BCUT2D eigenvalue weighted by Crippen LogP contribution is 2.18. The minimum absolute atomic E-state index is 0.276. The Hall–Kier alpha value is -2.05. The van der Waals surface area contributed by atoms with E-state index in [1.54, 1.807) is 7.11 Å². The number of rotatable bonds is 5. The summed E-state index contributed by atoms with van der Waals surface area (Å²) >= 11 is 0. The van der Waals surface area contributed by atoms with E-state index >= 15 is 0 Å². The van der Waals surface area contributed by atoms with Crippen molar-refractivity contribution in [1.82, 2.24) is 15.0 Å². The van der Waals surface area contributed by atoms with Gasteiger partial charge in [-0.25, -0.2) is 9.97 Å². The molecule has 0 aromatic carbocycles. The molecule has 0 aliphatic rings. The monoisotopic (exact) mass is 252 g/mol. The zero-order valence-corrected chi connectivity index (χ0v) is 10.8. The Labute approximate surface area is 105 Å². The van der Waals surface area contributed by atoms with Crippen LogP contribution in [0.1, 0.15) is 20.3 Å². The van der Waals surface area contributed by atoms with Crippen LogP contribution in [0.5, 0.6) is 12.0 Å². The van der Waals surface area contributed by atoms with Gasteiger partial charge in [-0.2, -0.15) is 4.98 Å². The Morgan fingerprint density at radius 3 is 2.83 bits per heavy atom. The van der Waals surface area contributed by atoms with Gasteiger partial charge in [0.05, 0.1) is 13.7 Å². The number of fused-ring (bicyclic) bond motifs is 1. The fourth-order valence-electron chi connectivity index (χ4n) is 1.48. The minimum atomic E-state index is 0.276. The number of imidazole rings is 1. The standard InChI is InChI=1S/C11H17N5O2/c1-6(2)4-5-18-11-14-8(12)7-9(16-11)15-10(13-7)17-3/h6H,4-5H2,1-3H3,(H3,12,13,14,15,16)/p+1. The number of anilines is 1. The number of ether oxygens (including phenoxy) is 2. The van der Waals surface area contributed by atoms with Gasteiger partial charge in [0.25, 0.3) is 0 Å². The quantitative estimate of drug-likeness (QED) is 0.819. The fraction of sp³-hybridized carbons (Fsp3) is 0.545. The van der Waals surface area contributed by atoms with E-state index < -0.39 is 0 Å². The van der Waals surface area contributed by atoms with E-state index in [2.05, 4.69) is 33.8 Å². The van der Waals surface area contributed by atoms with E-state index in [-0.39, 0.29) is 6.01 Å². The summed E-state index contributed by atoms with van der Waals surface area (Å²) in [4.78, 5) is 14.2. The topological polar surface area (TPSA) is 100 Å². The SMILES string of the molecule is COc1[nH]c2c(N)nc(OCCC(C)C)nc2[nH+]1. The van der Waals surface area contributed by atoms with Crippen LogP contribution in [0.3, 0.4) is 0 Å². The third kappa shape index (κ3) is 2.61. The maximum Gasteiger partial charge on any atom is 0.397 e. The summed E-state index contributed by atoms with van der Waals surface area (Å²) in [5.41, 5.74) is 7.00. The molecule has 0 aliphatic carbocycles. The average molecular weight is 252 g/mol. The summed E-state index contributed by atoms with van der Waals surface area (Å²) < 4.78 is 10.5. The van der Waals surface area contributed by atoms with Crippen LogP contribution in [-0.2, 0) is 0 Å². The van der Waals surface area contributed by atoms with E-state index in [4.69, 9.17) is 15.2 Å². The van der Waals surface area contributed by atoms with Crippen molar-refractivity contribution in [3.8, 4) is 12.0 Å². The average Bonchev–Trinajstić information content (AvgIpc) is 2.72. The molecular formula is C11H18N5O2+. The van der Waals surface area contributed by atoms with E-state index in [0.29, 0.717) is 35.5 Å². The lowest BCUT2D eigenvalue weighted by Crippen LogP contribution is -2.08. The number of aromatic amines is 2. The Bertz CT molecular complexity index is 537. The molecule has 0 saturated heterocycles. The van der Waals surface area contributed by atoms with Crippen LogP contribution in [-0.4, -0.2) is 28.7 Å². The predicted octanol–water partition coefficient (Wildman–Crippen LogP) is 0.788. The van der Waals surface area contributed by atoms with Crippen molar-refractivity contribution in [3.63, 3.8) is 0 Å². The maximum absolute atomic E-state index is 5.82. The predicted molar refractivity (Wildman–Crippen MR) is 66.4 cm³/mol. The lowest BCUT2D eigenvalue weighted by atomic mass is 10.1. The summed E-state index contributed by atoms with van der Waals surface area (Å²) in [7, 11) is 1.55. The van der Waals surface area contributed by atoms with Gasteiger partial charge in [-0.3, -0.25) is 0 Å². The number of nitrogen functional groups attached to an aromatic ring is 1. The van der Waals surface area contributed by atoms with Crippen LogP contribution in [0.25, 0.3) is 11.2 Å². The second kappa shape index (κ2) is 5.07. The van der Waals surface area contributed by atoms with Crippen molar-refractivity contribution >= 4 is 17.0 Å². The zero-order chi connectivity index (χ0) is 13.1. The molecule has 2 rings (SSSR count). The van der Waals surface area contributed by atoms with Crippen molar-refractivity contribution < 1.29 is 14.5 Å². The summed E-state index contributed by atoms with van der Waals surface area (Å²) in [6.07, 6.45) is 0.946. The number of nitrogens with two attached hydrogens (primary N) is 1. The van der Waals surface area contributed by atoms with E-state index in [0.717, 1.165) is 6.42 Å². The van der Waals surface area contributed by atoms with Gasteiger partial charge in [0.1, 0.15) is 0 Å². The highest BCUT2D eigenvalue weighted by Gasteiger charge is 2.18. The number of H-pyrrole nitrogens is 2. The minimum Gasteiger partial charge on any atom is -0.451 e. The van der Waals surface area contributed by atoms with Crippen molar-refractivity contribution in [2.75, 3.05) is 19.5 Å². The lowest BCUT2D eigenvalue weighted by molar-refractivity contribution is -0.364. The molecule has 0 atom stereocenters. The van der Waals surface area contributed by atoms with E-state index in [1.807, 2.05) is 0 Å². The van der Waals surface area contributed by atoms with Crippen LogP contribution in [0, 0.1) is 5.92 Å². The second-order valence-corrected chi connectivity index (χ2v) is 4.43. The molecule has 0 bridgehead atoms. The number of hydrogen-bond donors (Lipinski definition) is 2. The number of nitrogens with one attached hydrogen (secondary N) is 2. The first-order valence-corrected chi connectivity index (χ1v) is 5.85. The molecule has 0 aliphatic heterocycles. The van der Waals surface area contributed by atoms with Gasteiger partial charge >= 0.3 is 17.7 Å². The zero-order valence-electron chi connectivity index (χ0n) is 10.8. The first-order valence-electron chi connectivity index (χ1n) is 5.85. The van der Waals surface area contributed by atoms with E-state index in [9.17, 15) is 0 Å². The van der Waals surface area contributed by atoms with Gasteiger partial charge in [-0.15, -0.1) is 0 Å². The van der Waals surface area contributed by atoms with Crippen LogP contribution in [0.2, 0.25) is 0 Å². The Morgan fingerprint density at radius 1 is 1.39 bits per heavy atom. The summed E-state index contributed by atoms with van der Waals surface area (Å²) in [6, 6.07) is 0.754. The Balaban J connectivity index is 2.19. The number of methoxy groups -OCH3 is 1. The molecule has 0 radical (unpaired) electrons. The van der Waals surface area contributed by atoms with Gasteiger partial charge in [0.15, 0.2) is 5.82 Å². The molecule has 0 unspecified atom stereocenters. The van der Waals surface area contributed by atoms with Crippen LogP contribution < -0.4 is 20.2 Å². The van der Waals surface area contributed by atoms with Crippen LogP contribution >= 0.6 is 0 Å². The fourth-order valence-corrected chi connectivity index (χ4v) is 1.48. The largest absolute Gasteiger partial charge is 0.451 e. The van der Waals surface area contributed by atoms with Crippen molar-refractivity contribution in [3.05, 3.63) is 0 Å². The summed E-state index contributed by atoms with van der Waals surface area (Å²) in [6.45, 7) is 4.84. The molecule has 98 valence electrons. The Morgan fingerprint density at radius 2 is 2.17 bits per heavy atom. The van der Waals surface area contributed by atoms with Crippen molar-refractivity contribution in [2.45, 2.75) is 20.3 Å². The number of hydrogen-bond acceptors (Lipinski definition) is 5. The molecule has 2 heterocycles. The molecule has 0 saturated carbocycles. The van der Waals surface area contributed by atoms with Crippen molar-refractivity contribution in [1.29, 1.82) is 0 Å². The normalized spacial score (nSPS) is 11.1. The van der Waals surface area contributed by atoms with Gasteiger partial charge in [0, 0.05) is 0 Å². The van der Waals surface area contributed by atoms with Crippen LogP contribution in [0.4, 0.5) is 5.82 Å². The third-order valence-electron chi connectivity index (χ3n) is 2.52. The highest BCUT2D eigenvalue weighted by atomic mass is 16.5. The molecular weight excluding hydrogens is 234 g/mol. The maximum atomic E-state index is 5.82. The molecule has 18 heavy (non-hydrogen) atoms. The first-order chi connectivity index (χ1) is 8.60. The van der Waals surface area contributed by atoms with Gasteiger partial charge in [-0.05, 0) is 17.3 Å². The number of nitrogens with zero attached hydrogens (tertiary/aromatic N) is 2. The van der Waals surface area contributed by atoms with Gasteiger partial charge < -0.3 is 15.2 Å². The molecule has 0 fully saturated rings. The lowest BCUT2D eigenvalue weighted by Gasteiger charge is -2.04. The third-order valence-corrected chi connectivity index (χ3v) is 2.52. The van der Waals surface area contributed by atoms with Crippen molar-refractivity contribution in [2.24, 2.45) is 5.92 Å². The first kappa shape index (κ1) is 12.4. The molecule has 7 heteroatoms. The highest BCUT2D eigenvalue weighted by molar-refractivity contribution is 5.79. The van der Waals surface area contributed by atoms with E-state index in [1.165, 1.54) is 0 Å². The Kier molecular flexibility index (Phi) is 3.50. The molecule has 0 amide bonds. The summed E-state index contributed by atoms with van der Waals surface area (Å²) in [5, 5.41) is 0. The smallest absolute Gasteiger partial charge is 0.397 e. The molecule has 2 aromatic rings. The van der Waals surface area contributed by atoms with Gasteiger partial charge in [-0.1, -0.05) is 13.8 Å². The molecule has 0 spiro atoms. The molecule has 2 aromatic heterocycles. The molecule has 4 N–H and O–H groups in total.